The van der Waals surface area contributed by atoms with Gasteiger partial charge in [0.25, 0.3) is 5.91 Å². The Kier molecular flexibility index (Phi) is 7.27. The lowest BCUT2D eigenvalue weighted by atomic mass is 10.1. The number of thiocarbonyl (C=S) groups is 1. The van der Waals surface area contributed by atoms with Crippen LogP contribution in [0.4, 0.5) is 0 Å². The van der Waals surface area contributed by atoms with Gasteiger partial charge in [-0.25, -0.2) is 4.68 Å². The molecule has 5 rings (SSSR count). The van der Waals surface area contributed by atoms with E-state index in [4.69, 9.17) is 38.1 Å². The van der Waals surface area contributed by atoms with Crippen LogP contribution in [0.25, 0.3) is 23.0 Å². The van der Waals surface area contributed by atoms with Crippen LogP contribution in [0.15, 0.2) is 82.4 Å². The van der Waals surface area contributed by atoms with Crippen molar-refractivity contribution in [3.63, 3.8) is 0 Å². The van der Waals surface area contributed by atoms with E-state index >= 15 is 0 Å². The molecule has 6 nitrogen and oxygen atoms in total. The maximum atomic E-state index is 13.2. The van der Waals surface area contributed by atoms with Gasteiger partial charge in [0.1, 0.15) is 21.5 Å². The Morgan fingerprint density at radius 1 is 1.17 bits per heavy atom. The molecule has 0 spiro atoms. The first kappa shape index (κ1) is 24.4. The van der Waals surface area contributed by atoms with Gasteiger partial charge in [0.15, 0.2) is 0 Å². The first-order valence-corrected chi connectivity index (χ1v) is 13.0. The third kappa shape index (κ3) is 5.11. The summed E-state index contributed by atoms with van der Waals surface area (Å²) >= 11 is 13.3. The fraction of sp³-hybridized carbons (Fsp3) is 0.148. The number of carbonyl (C=O) groups excluding carboxylic acids is 1. The van der Waals surface area contributed by atoms with E-state index in [2.05, 4.69) is 0 Å². The summed E-state index contributed by atoms with van der Waals surface area (Å²) in [5.41, 5.74) is 3.18. The van der Waals surface area contributed by atoms with Crippen LogP contribution >= 0.6 is 35.6 Å². The first-order chi connectivity index (χ1) is 17.5. The van der Waals surface area contributed by atoms with Crippen molar-refractivity contribution in [1.82, 2.24) is 14.7 Å². The fourth-order valence-electron chi connectivity index (χ4n) is 3.74. The molecule has 1 aliphatic rings. The van der Waals surface area contributed by atoms with Crippen LogP contribution in [-0.2, 0) is 11.3 Å². The van der Waals surface area contributed by atoms with E-state index in [9.17, 15) is 4.79 Å². The van der Waals surface area contributed by atoms with Crippen molar-refractivity contribution >= 4 is 51.9 Å². The summed E-state index contributed by atoms with van der Waals surface area (Å²) in [5.74, 6) is 1.14. The molecule has 4 aromatic rings. The van der Waals surface area contributed by atoms with E-state index in [1.54, 1.807) is 21.9 Å². The number of halogens is 1. The highest BCUT2D eigenvalue weighted by atomic mass is 35.5. The molecule has 2 aromatic heterocycles. The van der Waals surface area contributed by atoms with E-state index in [1.165, 1.54) is 11.8 Å². The van der Waals surface area contributed by atoms with E-state index in [1.807, 2.05) is 73.8 Å². The third-order valence-corrected chi connectivity index (χ3v) is 7.16. The molecule has 0 radical (unpaired) electrons. The van der Waals surface area contributed by atoms with Crippen LogP contribution < -0.4 is 4.74 Å². The summed E-state index contributed by atoms with van der Waals surface area (Å²) in [7, 11) is 0. The number of hydrogen-bond donors (Lipinski definition) is 0. The standard InChI is InChI=1S/C27H22ClN3O3S2/c1-2-12-34-23-11-10-18(14-22(23)28)25-19(16-31(29-25)20-7-4-3-5-8-20)15-24-26(32)30(27(35)36-24)17-21-9-6-13-33-21/h3-11,13-16H,2,12,17H2,1H3/b24-15+. The number of rotatable bonds is 8. The minimum Gasteiger partial charge on any atom is -0.492 e. The van der Waals surface area contributed by atoms with E-state index in [-0.39, 0.29) is 5.91 Å². The van der Waals surface area contributed by atoms with Crippen molar-refractivity contribution in [2.24, 2.45) is 0 Å². The van der Waals surface area contributed by atoms with E-state index in [0.29, 0.717) is 44.6 Å². The number of para-hydroxylation sites is 1. The van der Waals surface area contributed by atoms with Crippen LogP contribution in [0.5, 0.6) is 5.75 Å². The van der Waals surface area contributed by atoms with E-state index in [0.717, 1.165) is 23.2 Å². The molecular formula is C27H22ClN3O3S2. The molecule has 0 bridgehead atoms. The number of nitrogens with zero attached hydrogens (tertiary/aromatic N) is 3. The van der Waals surface area contributed by atoms with Crippen LogP contribution in [0, 0.1) is 0 Å². The van der Waals surface area contributed by atoms with Gasteiger partial charge < -0.3 is 9.15 Å². The predicted octanol–water partition coefficient (Wildman–Crippen LogP) is 6.98. The molecule has 0 N–H and O–H groups in total. The summed E-state index contributed by atoms with van der Waals surface area (Å²) < 4.78 is 13.4. The zero-order chi connectivity index (χ0) is 25.1. The number of hydrogen-bond acceptors (Lipinski definition) is 6. The molecule has 1 saturated heterocycles. The molecule has 1 aliphatic heterocycles. The zero-order valence-corrected chi connectivity index (χ0v) is 21.8. The van der Waals surface area contributed by atoms with Crippen molar-refractivity contribution in [3.8, 4) is 22.7 Å². The Morgan fingerprint density at radius 2 is 2.00 bits per heavy atom. The number of furan rings is 1. The Hall–Kier alpha value is -3.33. The Morgan fingerprint density at radius 3 is 2.72 bits per heavy atom. The van der Waals surface area contributed by atoms with Crippen molar-refractivity contribution in [1.29, 1.82) is 0 Å². The lowest BCUT2D eigenvalue weighted by Crippen LogP contribution is -2.27. The monoisotopic (exact) mass is 535 g/mol. The number of aromatic nitrogens is 2. The number of benzene rings is 2. The number of amides is 1. The second-order valence-electron chi connectivity index (χ2n) is 8.05. The van der Waals surface area contributed by atoms with Gasteiger partial charge in [-0.2, -0.15) is 5.10 Å². The Bertz CT molecular complexity index is 1430. The first-order valence-electron chi connectivity index (χ1n) is 11.4. The van der Waals surface area contributed by atoms with Crippen LogP contribution in [0.2, 0.25) is 5.02 Å². The predicted molar refractivity (Wildman–Crippen MR) is 147 cm³/mol. The molecule has 1 fully saturated rings. The highest BCUT2D eigenvalue weighted by molar-refractivity contribution is 8.26. The third-order valence-electron chi connectivity index (χ3n) is 5.48. The van der Waals surface area contributed by atoms with Gasteiger partial charge in [-0.1, -0.05) is 60.7 Å². The highest BCUT2D eigenvalue weighted by Gasteiger charge is 2.33. The summed E-state index contributed by atoms with van der Waals surface area (Å²) in [5, 5.41) is 5.35. The number of thioether (sulfide) groups is 1. The largest absolute Gasteiger partial charge is 0.492 e. The zero-order valence-electron chi connectivity index (χ0n) is 19.4. The average molecular weight is 536 g/mol. The van der Waals surface area contributed by atoms with Gasteiger partial charge in [-0.05, 0) is 55.0 Å². The van der Waals surface area contributed by atoms with Gasteiger partial charge in [0.05, 0.1) is 35.0 Å². The summed E-state index contributed by atoms with van der Waals surface area (Å²) in [6.45, 7) is 2.93. The average Bonchev–Trinajstić information content (AvgIpc) is 3.61. The molecule has 182 valence electrons. The minimum atomic E-state index is -0.166. The molecule has 0 saturated carbocycles. The fourth-order valence-corrected chi connectivity index (χ4v) is 5.22. The SMILES string of the molecule is CCCOc1ccc(-c2nn(-c3ccccc3)cc2/C=C2/SC(=S)N(Cc3ccco3)C2=O)cc1Cl. The van der Waals surface area contributed by atoms with Crippen molar-refractivity contribution in [2.45, 2.75) is 19.9 Å². The molecule has 0 aliphatic carbocycles. The second kappa shape index (κ2) is 10.7. The molecular weight excluding hydrogens is 514 g/mol. The summed E-state index contributed by atoms with van der Waals surface area (Å²) in [6.07, 6.45) is 6.20. The highest BCUT2D eigenvalue weighted by Crippen LogP contribution is 2.37. The van der Waals surface area contributed by atoms with Gasteiger partial charge in [0, 0.05) is 17.3 Å². The van der Waals surface area contributed by atoms with Gasteiger partial charge in [-0.15, -0.1) is 0 Å². The maximum Gasteiger partial charge on any atom is 0.266 e. The van der Waals surface area contributed by atoms with Crippen LogP contribution in [-0.4, -0.2) is 31.5 Å². The minimum absolute atomic E-state index is 0.166. The second-order valence-corrected chi connectivity index (χ2v) is 10.1. The van der Waals surface area contributed by atoms with E-state index < -0.39 is 0 Å². The van der Waals surface area contributed by atoms with Crippen molar-refractivity contribution < 1.29 is 13.9 Å². The van der Waals surface area contributed by atoms with Gasteiger partial charge in [-0.3, -0.25) is 9.69 Å². The van der Waals surface area contributed by atoms with Crippen molar-refractivity contribution in [3.05, 3.63) is 94.4 Å². The molecule has 3 heterocycles. The lowest BCUT2D eigenvalue weighted by Gasteiger charge is -2.11. The smallest absolute Gasteiger partial charge is 0.266 e. The number of carbonyl (C=O) groups is 1. The summed E-state index contributed by atoms with van der Waals surface area (Å²) in [4.78, 5) is 15.3. The maximum absolute atomic E-state index is 13.2. The van der Waals surface area contributed by atoms with Crippen molar-refractivity contribution in [2.75, 3.05) is 6.61 Å². The Balaban J connectivity index is 1.53. The Labute approximate surface area is 223 Å². The van der Waals surface area contributed by atoms with Crippen LogP contribution in [0.1, 0.15) is 24.7 Å². The molecule has 36 heavy (non-hydrogen) atoms. The topological polar surface area (TPSA) is 60.5 Å². The molecule has 0 unspecified atom stereocenters. The quantitative estimate of drug-likeness (QED) is 0.179. The molecule has 9 heteroatoms. The molecule has 2 aromatic carbocycles. The molecule has 0 atom stereocenters. The normalized spacial score (nSPS) is 14.7. The lowest BCUT2D eigenvalue weighted by molar-refractivity contribution is -0.122. The van der Waals surface area contributed by atoms with Gasteiger partial charge >= 0.3 is 0 Å². The molecule has 1 amide bonds. The van der Waals surface area contributed by atoms with Crippen LogP contribution in [0.3, 0.4) is 0 Å². The number of ether oxygens (including phenoxy) is 1. The summed E-state index contributed by atoms with van der Waals surface area (Å²) in [6, 6.07) is 19.0. The van der Waals surface area contributed by atoms with Gasteiger partial charge in [0.2, 0.25) is 0 Å².